The highest BCUT2D eigenvalue weighted by Crippen LogP contribution is 2.45. The lowest BCUT2D eigenvalue weighted by molar-refractivity contribution is 0.0956. The molecule has 0 aliphatic carbocycles. The van der Waals surface area contributed by atoms with Crippen molar-refractivity contribution in [3.8, 4) is 0 Å². The molecule has 0 bridgehead atoms. The van der Waals surface area contributed by atoms with Crippen LogP contribution in [0.4, 0.5) is 0 Å². The average molecular weight is 376 g/mol. The van der Waals surface area contributed by atoms with Crippen molar-refractivity contribution in [2.75, 3.05) is 23.8 Å². The molecule has 2 aromatic carbocycles. The van der Waals surface area contributed by atoms with E-state index in [1.165, 1.54) is 27.5 Å². The Balaban J connectivity index is 1.43. The molecule has 0 aromatic heterocycles. The van der Waals surface area contributed by atoms with E-state index >= 15 is 0 Å². The number of hydrogen-bond donors (Lipinski definition) is 1. The average Bonchev–Trinajstić information content (AvgIpc) is 3.15. The van der Waals surface area contributed by atoms with Gasteiger partial charge in [-0.05, 0) is 36.8 Å². The Morgan fingerprint density at radius 1 is 1.08 bits per heavy atom. The fourth-order valence-corrected chi connectivity index (χ4v) is 6.04. The van der Waals surface area contributed by atoms with Crippen LogP contribution in [0.2, 0.25) is 0 Å². The largest absolute Gasteiger partial charge is 0.351 e. The second-order valence-corrected chi connectivity index (χ2v) is 9.51. The van der Waals surface area contributed by atoms with Gasteiger partial charge in [0.2, 0.25) is 0 Å². The van der Waals surface area contributed by atoms with Crippen molar-refractivity contribution >= 4 is 41.2 Å². The number of aryl methyl sites for hydroxylation is 1. The number of rotatable bonds is 6. The van der Waals surface area contributed by atoms with E-state index in [0.29, 0.717) is 11.1 Å². The molecule has 1 heterocycles. The van der Waals surface area contributed by atoms with Crippen LogP contribution in [-0.4, -0.2) is 29.7 Å². The molecule has 2 aromatic rings. The highest BCUT2D eigenvalue weighted by atomic mass is 32.2. The van der Waals surface area contributed by atoms with Gasteiger partial charge in [-0.1, -0.05) is 29.8 Å². The summed E-state index contributed by atoms with van der Waals surface area (Å²) < 4.78 is 0.535. The van der Waals surface area contributed by atoms with Gasteiger partial charge in [0.1, 0.15) is 0 Å². The molecule has 1 fully saturated rings. The van der Waals surface area contributed by atoms with Crippen LogP contribution in [0.25, 0.3) is 0 Å². The van der Waals surface area contributed by atoms with Crippen LogP contribution in [0.15, 0.2) is 53.4 Å². The Morgan fingerprint density at radius 2 is 1.75 bits per heavy atom. The minimum Gasteiger partial charge on any atom is -0.351 e. The van der Waals surface area contributed by atoms with Crippen LogP contribution in [0.5, 0.6) is 0 Å². The highest BCUT2D eigenvalue weighted by Gasteiger charge is 2.18. The maximum Gasteiger partial charge on any atom is 0.251 e. The van der Waals surface area contributed by atoms with Crippen molar-refractivity contribution < 1.29 is 4.79 Å². The molecule has 1 N–H and O–H groups in total. The van der Waals surface area contributed by atoms with Crippen LogP contribution < -0.4 is 5.32 Å². The summed E-state index contributed by atoms with van der Waals surface area (Å²) >= 11 is 5.74. The van der Waals surface area contributed by atoms with E-state index in [4.69, 9.17) is 0 Å². The quantitative estimate of drug-likeness (QED) is 0.568. The predicted octanol–water partition coefficient (Wildman–Crippen LogP) is 5.00. The molecular weight excluding hydrogens is 354 g/mol. The topological polar surface area (TPSA) is 29.1 Å². The summed E-state index contributed by atoms with van der Waals surface area (Å²) in [6, 6.07) is 16.5. The first-order valence-corrected chi connectivity index (χ1v) is 11.1. The van der Waals surface area contributed by atoms with Crippen LogP contribution >= 0.6 is 35.3 Å². The summed E-state index contributed by atoms with van der Waals surface area (Å²) in [5, 5.41) is 3.00. The van der Waals surface area contributed by atoms with E-state index < -0.39 is 0 Å². The zero-order chi connectivity index (χ0) is 16.8. The van der Waals surface area contributed by atoms with Crippen molar-refractivity contribution in [2.24, 2.45) is 0 Å². The first-order chi connectivity index (χ1) is 11.7. The second kappa shape index (κ2) is 8.88. The molecule has 24 heavy (non-hydrogen) atoms. The number of benzene rings is 2. The lowest BCUT2D eigenvalue weighted by atomic mass is 10.1. The SMILES string of the molecule is Cc1ccc(SCCNC(=O)c2ccc(C3SCCS3)cc2)cc1. The van der Waals surface area contributed by atoms with Crippen LogP contribution in [0, 0.1) is 6.92 Å². The Morgan fingerprint density at radius 3 is 2.42 bits per heavy atom. The summed E-state index contributed by atoms with van der Waals surface area (Å²) in [4.78, 5) is 13.4. The molecular formula is C19H21NOS3. The van der Waals surface area contributed by atoms with Gasteiger partial charge in [-0.2, -0.15) is 0 Å². The Hall–Kier alpha value is -1.04. The molecule has 1 aliphatic rings. The van der Waals surface area contributed by atoms with Crippen LogP contribution in [0.1, 0.15) is 26.1 Å². The smallest absolute Gasteiger partial charge is 0.251 e. The number of carbonyl (C=O) groups excluding carboxylic acids is 1. The van der Waals surface area contributed by atoms with E-state index in [-0.39, 0.29) is 5.91 Å². The van der Waals surface area contributed by atoms with Crippen LogP contribution in [0.3, 0.4) is 0 Å². The Labute approximate surface area is 156 Å². The standard InChI is InChI=1S/C19H21NOS3/c1-14-2-8-17(9-3-14)22-11-10-20-18(21)15-4-6-16(7-5-15)19-23-12-13-24-19/h2-9,19H,10-13H2,1H3,(H,20,21). The van der Waals surface area contributed by atoms with Gasteiger partial charge in [0, 0.05) is 34.3 Å². The van der Waals surface area contributed by atoms with Crippen LogP contribution in [-0.2, 0) is 0 Å². The first-order valence-electron chi connectivity index (χ1n) is 8.03. The van der Waals surface area contributed by atoms with Gasteiger partial charge in [-0.25, -0.2) is 0 Å². The van der Waals surface area contributed by atoms with E-state index in [9.17, 15) is 4.79 Å². The minimum atomic E-state index is 0.0118. The van der Waals surface area contributed by atoms with Crippen molar-refractivity contribution in [3.05, 3.63) is 65.2 Å². The predicted molar refractivity (Wildman–Crippen MR) is 108 cm³/mol. The van der Waals surface area contributed by atoms with Crippen molar-refractivity contribution in [1.82, 2.24) is 5.32 Å². The van der Waals surface area contributed by atoms with Gasteiger partial charge >= 0.3 is 0 Å². The van der Waals surface area contributed by atoms with Gasteiger partial charge in [0.25, 0.3) is 5.91 Å². The van der Waals surface area contributed by atoms with E-state index in [1.54, 1.807) is 11.8 Å². The zero-order valence-electron chi connectivity index (χ0n) is 13.7. The normalized spacial score (nSPS) is 14.7. The zero-order valence-corrected chi connectivity index (χ0v) is 16.1. The molecule has 1 saturated heterocycles. The summed E-state index contributed by atoms with van der Waals surface area (Å²) in [6.07, 6.45) is 0. The van der Waals surface area contributed by atoms with Gasteiger partial charge in [-0.3, -0.25) is 4.79 Å². The van der Waals surface area contributed by atoms with E-state index in [2.05, 4.69) is 48.6 Å². The number of carbonyl (C=O) groups is 1. The maximum atomic E-state index is 12.2. The lowest BCUT2D eigenvalue weighted by Gasteiger charge is -2.09. The molecule has 3 rings (SSSR count). The number of amides is 1. The van der Waals surface area contributed by atoms with Gasteiger partial charge in [-0.15, -0.1) is 35.3 Å². The molecule has 0 atom stereocenters. The lowest BCUT2D eigenvalue weighted by Crippen LogP contribution is -2.25. The molecule has 0 radical (unpaired) electrons. The van der Waals surface area contributed by atoms with Crippen molar-refractivity contribution in [1.29, 1.82) is 0 Å². The summed E-state index contributed by atoms with van der Waals surface area (Å²) in [5.74, 6) is 3.33. The molecule has 0 spiro atoms. The van der Waals surface area contributed by atoms with Crippen molar-refractivity contribution in [3.63, 3.8) is 0 Å². The number of thioether (sulfide) groups is 3. The second-order valence-electron chi connectivity index (χ2n) is 5.61. The summed E-state index contributed by atoms with van der Waals surface area (Å²) in [6.45, 7) is 2.76. The van der Waals surface area contributed by atoms with Gasteiger partial charge in [0.05, 0.1) is 4.58 Å². The number of hydrogen-bond acceptors (Lipinski definition) is 4. The summed E-state index contributed by atoms with van der Waals surface area (Å²) in [7, 11) is 0. The molecule has 126 valence electrons. The fourth-order valence-electron chi connectivity index (χ4n) is 2.41. The monoisotopic (exact) mass is 375 g/mol. The minimum absolute atomic E-state index is 0.0118. The van der Waals surface area contributed by atoms with Gasteiger partial charge < -0.3 is 5.32 Å². The molecule has 1 amide bonds. The van der Waals surface area contributed by atoms with E-state index in [1.807, 2.05) is 35.7 Å². The third kappa shape index (κ3) is 4.98. The van der Waals surface area contributed by atoms with Gasteiger partial charge in [0.15, 0.2) is 0 Å². The fraction of sp³-hybridized carbons (Fsp3) is 0.316. The van der Waals surface area contributed by atoms with Crippen molar-refractivity contribution in [2.45, 2.75) is 16.4 Å². The third-order valence-corrected chi connectivity index (χ3v) is 7.86. The first kappa shape index (κ1) is 17.8. The Kier molecular flexibility index (Phi) is 6.58. The molecule has 0 saturated carbocycles. The molecule has 1 aliphatic heterocycles. The molecule has 2 nitrogen and oxygen atoms in total. The molecule has 0 unspecified atom stereocenters. The summed E-state index contributed by atoms with van der Waals surface area (Å²) in [5.41, 5.74) is 3.33. The highest BCUT2D eigenvalue weighted by molar-refractivity contribution is 8.19. The molecule has 5 heteroatoms. The Bertz CT molecular complexity index is 664. The number of nitrogens with one attached hydrogen (secondary N) is 1. The van der Waals surface area contributed by atoms with E-state index in [0.717, 1.165) is 11.3 Å². The third-order valence-electron chi connectivity index (χ3n) is 3.74. The maximum absolute atomic E-state index is 12.2.